The van der Waals surface area contributed by atoms with Gasteiger partial charge in [-0.2, -0.15) is 0 Å². The van der Waals surface area contributed by atoms with Crippen molar-refractivity contribution < 1.29 is 9.47 Å². The lowest BCUT2D eigenvalue weighted by Crippen LogP contribution is -2.43. The van der Waals surface area contributed by atoms with E-state index in [0.717, 1.165) is 39.3 Å². The molecule has 2 rings (SSSR count). The first-order valence-corrected chi connectivity index (χ1v) is 6.90. The Morgan fingerprint density at radius 2 is 2.26 bits per heavy atom. The molecule has 1 unspecified atom stereocenters. The minimum absolute atomic E-state index is 0.272. The van der Waals surface area contributed by atoms with Crippen LogP contribution in [0.2, 0.25) is 0 Å². The van der Waals surface area contributed by atoms with Gasteiger partial charge in [-0.1, -0.05) is 18.2 Å². The molecule has 1 aromatic rings. The molecule has 0 amide bonds. The van der Waals surface area contributed by atoms with Gasteiger partial charge in [0.25, 0.3) is 0 Å². The molecule has 1 saturated heterocycles. The number of methoxy groups -OCH3 is 1. The van der Waals surface area contributed by atoms with E-state index in [1.165, 1.54) is 11.3 Å². The number of nitrogens with zero attached hydrogens (tertiary/aromatic N) is 1. The Kier molecular flexibility index (Phi) is 5.63. The van der Waals surface area contributed by atoms with Crippen molar-refractivity contribution in [1.29, 1.82) is 0 Å². The Morgan fingerprint density at radius 3 is 3.05 bits per heavy atom. The maximum absolute atomic E-state index is 5.76. The Labute approximate surface area is 115 Å². The normalized spacial score (nSPS) is 20.4. The Bertz CT molecular complexity index is 384. The summed E-state index contributed by atoms with van der Waals surface area (Å²) in [5, 5.41) is 3.51. The number of likely N-dealkylation sites (N-methyl/N-ethyl adjacent to an activating group) is 1. The van der Waals surface area contributed by atoms with Crippen molar-refractivity contribution in [2.24, 2.45) is 0 Å². The first-order valence-electron chi connectivity index (χ1n) is 6.90. The predicted molar refractivity (Wildman–Crippen MR) is 77.7 cm³/mol. The van der Waals surface area contributed by atoms with E-state index in [2.05, 4.69) is 41.5 Å². The number of hydrogen-bond donors (Lipinski definition) is 1. The van der Waals surface area contributed by atoms with Crippen LogP contribution in [-0.4, -0.2) is 58.0 Å². The van der Waals surface area contributed by atoms with Crippen LogP contribution >= 0.6 is 0 Å². The maximum atomic E-state index is 5.76. The zero-order chi connectivity index (χ0) is 13.5. The average molecular weight is 264 g/mol. The highest BCUT2D eigenvalue weighted by Gasteiger charge is 2.17. The fourth-order valence-electron chi connectivity index (χ4n) is 2.34. The molecule has 1 N–H and O–H groups in total. The second kappa shape index (κ2) is 7.48. The average Bonchev–Trinajstić information content (AvgIpc) is 2.44. The summed E-state index contributed by atoms with van der Waals surface area (Å²) in [5.74, 6) is 0. The van der Waals surface area contributed by atoms with Crippen LogP contribution in [0.25, 0.3) is 0 Å². The summed E-state index contributed by atoms with van der Waals surface area (Å²) in [4.78, 5) is 2.31. The highest BCUT2D eigenvalue weighted by Crippen LogP contribution is 2.16. The highest BCUT2D eigenvalue weighted by molar-refractivity contribution is 5.51. The van der Waals surface area contributed by atoms with Crippen molar-refractivity contribution in [3.8, 4) is 0 Å². The van der Waals surface area contributed by atoms with Crippen LogP contribution in [0.4, 0.5) is 5.69 Å². The fraction of sp³-hybridized carbons (Fsp3) is 0.600. The Morgan fingerprint density at radius 1 is 1.42 bits per heavy atom. The van der Waals surface area contributed by atoms with E-state index in [1.54, 1.807) is 7.11 Å². The molecule has 4 nitrogen and oxygen atoms in total. The molecule has 0 bridgehead atoms. The quantitative estimate of drug-likeness (QED) is 0.846. The third-order valence-electron chi connectivity index (χ3n) is 3.45. The molecule has 1 aromatic carbocycles. The summed E-state index contributed by atoms with van der Waals surface area (Å²) in [6.45, 7) is 4.46. The van der Waals surface area contributed by atoms with Crippen molar-refractivity contribution in [2.75, 3.05) is 52.3 Å². The third-order valence-corrected chi connectivity index (χ3v) is 3.45. The number of ether oxygens (including phenoxy) is 2. The van der Waals surface area contributed by atoms with E-state index < -0.39 is 0 Å². The standard InChI is InChI=1S/C15H24N2O2/c1-17-8-10-19-14(12-17)11-16-15-6-4-3-5-13(15)7-9-18-2/h3-6,14,16H,7-12H2,1-2H3. The van der Waals surface area contributed by atoms with Crippen LogP contribution in [0, 0.1) is 0 Å². The van der Waals surface area contributed by atoms with Gasteiger partial charge in [0, 0.05) is 32.4 Å². The van der Waals surface area contributed by atoms with Gasteiger partial charge in [-0.25, -0.2) is 0 Å². The summed E-state index contributed by atoms with van der Waals surface area (Å²) in [5.41, 5.74) is 2.49. The molecule has 0 radical (unpaired) electrons. The molecule has 4 heteroatoms. The van der Waals surface area contributed by atoms with Gasteiger partial charge in [-0.3, -0.25) is 0 Å². The van der Waals surface area contributed by atoms with Crippen molar-refractivity contribution in [3.63, 3.8) is 0 Å². The first-order chi connectivity index (χ1) is 9.29. The molecule has 106 valence electrons. The van der Waals surface area contributed by atoms with Crippen LogP contribution in [0.5, 0.6) is 0 Å². The molecule has 1 fully saturated rings. The molecule has 0 spiro atoms. The minimum Gasteiger partial charge on any atom is -0.384 e. The first kappa shape index (κ1) is 14.3. The molecule has 0 saturated carbocycles. The van der Waals surface area contributed by atoms with Crippen molar-refractivity contribution in [1.82, 2.24) is 4.90 Å². The molecule has 19 heavy (non-hydrogen) atoms. The number of hydrogen-bond acceptors (Lipinski definition) is 4. The fourth-order valence-corrected chi connectivity index (χ4v) is 2.34. The van der Waals surface area contributed by atoms with Gasteiger partial charge in [-0.15, -0.1) is 0 Å². The number of morpholine rings is 1. The zero-order valence-corrected chi connectivity index (χ0v) is 11.9. The van der Waals surface area contributed by atoms with Crippen molar-refractivity contribution >= 4 is 5.69 Å². The number of benzene rings is 1. The Hall–Kier alpha value is -1.10. The summed E-state index contributed by atoms with van der Waals surface area (Å²) >= 11 is 0. The topological polar surface area (TPSA) is 33.7 Å². The van der Waals surface area contributed by atoms with Gasteiger partial charge in [0.1, 0.15) is 0 Å². The molecule has 0 aromatic heterocycles. The molecule has 0 aliphatic carbocycles. The second-order valence-electron chi connectivity index (χ2n) is 5.04. The second-order valence-corrected chi connectivity index (χ2v) is 5.04. The van der Waals surface area contributed by atoms with Crippen molar-refractivity contribution in [3.05, 3.63) is 29.8 Å². The smallest absolute Gasteiger partial charge is 0.0874 e. The molecule has 1 aliphatic heterocycles. The van der Waals surface area contributed by atoms with Crippen LogP contribution < -0.4 is 5.32 Å². The van der Waals surface area contributed by atoms with Crippen molar-refractivity contribution in [2.45, 2.75) is 12.5 Å². The van der Waals surface area contributed by atoms with Gasteiger partial charge in [-0.05, 0) is 25.1 Å². The number of nitrogens with one attached hydrogen (secondary N) is 1. The van der Waals surface area contributed by atoms with E-state index in [1.807, 2.05) is 0 Å². The minimum atomic E-state index is 0.272. The van der Waals surface area contributed by atoms with Crippen LogP contribution in [0.1, 0.15) is 5.56 Å². The van der Waals surface area contributed by atoms with E-state index in [9.17, 15) is 0 Å². The van der Waals surface area contributed by atoms with Gasteiger partial charge in [0.05, 0.1) is 19.3 Å². The van der Waals surface area contributed by atoms with Gasteiger partial charge in [0.15, 0.2) is 0 Å². The van der Waals surface area contributed by atoms with E-state index in [0.29, 0.717) is 0 Å². The van der Waals surface area contributed by atoms with Gasteiger partial charge < -0.3 is 19.7 Å². The summed E-state index contributed by atoms with van der Waals surface area (Å²) < 4.78 is 10.9. The molecular formula is C15H24N2O2. The van der Waals surface area contributed by atoms with Crippen LogP contribution in [-0.2, 0) is 15.9 Å². The highest BCUT2D eigenvalue weighted by atomic mass is 16.5. The van der Waals surface area contributed by atoms with Crippen LogP contribution in [0.15, 0.2) is 24.3 Å². The SMILES string of the molecule is COCCc1ccccc1NCC1CN(C)CCO1. The zero-order valence-electron chi connectivity index (χ0n) is 11.9. The van der Waals surface area contributed by atoms with Gasteiger partial charge in [0.2, 0.25) is 0 Å². The Balaban J connectivity index is 1.87. The number of rotatable bonds is 6. The summed E-state index contributed by atoms with van der Waals surface area (Å²) in [7, 11) is 3.88. The summed E-state index contributed by atoms with van der Waals surface area (Å²) in [6, 6.07) is 8.40. The molecule has 1 aliphatic rings. The van der Waals surface area contributed by atoms with E-state index in [4.69, 9.17) is 9.47 Å². The van der Waals surface area contributed by atoms with Gasteiger partial charge >= 0.3 is 0 Å². The lowest BCUT2D eigenvalue weighted by Gasteiger charge is -2.30. The molecule has 1 heterocycles. The number of para-hydroxylation sites is 1. The van der Waals surface area contributed by atoms with Crippen LogP contribution in [0.3, 0.4) is 0 Å². The maximum Gasteiger partial charge on any atom is 0.0874 e. The lowest BCUT2D eigenvalue weighted by atomic mass is 10.1. The third kappa shape index (κ3) is 4.49. The largest absolute Gasteiger partial charge is 0.384 e. The monoisotopic (exact) mass is 264 g/mol. The molecular weight excluding hydrogens is 240 g/mol. The molecule has 1 atom stereocenters. The van der Waals surface area contributed by atoms with E-state index >= 15 is 0 Å². The van der Waals surface area contributed by atoms with E-state index in [-0.39, 0.29) is 6.10 Å². The number of anilines is 1. The summed E-state index contributed by atoms with van der Waals surface area (Å²) in [6.07, 6.45) is 1.21. The predicted octanol–water partition coefficient (Wildman–Crippen LogP) is 1.62. The lowest BCUT2D eigenvalue weighted by molar-refractivity contribution is -0.0117.